The summed E-state index contributed by atoms with van der Waals surface area (Å²) in [5.74, 6) is 1.50. The Hall–Kier alpha value is -0.570. The first-order valence-corrected chi connectivity index (χ1v) is 6.31. The molecular formula is C12H16BrNO. The monoisotopic (exact) mass is 269 g/mol. The van der Waals surface area contributed by atoms with E-state index >= 15 is 0 Å². The third-order valence-corrected chi connectivity index (χ3v) is 3.78. The van der Waals surface area contributed by atoms with E-state index in [1.54, 1.807) is 0 Å². The maximum absolute atomic E-state index is 5.69. The molecule has 1 aromatic heterocycles. The summed E-state index contributed by atoms with van der Waals surface area (Å²) in [6.07, 6.45) is 5.35. The minimum Gasteiger partial charge on any atom is -0.477 e. The first-order chi connectivity index (χ1) is 7.25. The van der Waals surface area contributed by atoms with Crippen LogP contribution in [0.5, 0.6) is 5.88 Å². The van der Waals surface area contributed by atoms with Gasteiger partial charge in [0.25, 0.3) is 0 Å². The number of rotatable bonds is 3. The van der Waals surface area contributed by atoms with Gasteiger partial charge in [-0.15, -0.1) is 0 Å². The number of halogens is 1. The fraction of sp³-hybridized carbons (Fsp3) is 0.583. The maximum atomic E-state index is 5.69. The number of aryl methyl sites for hydroxylation is 1. The van der Waals surface area contributed by atoms with E-state index < -0.39 is 0 Å². The average molecular weight is 270 g/mol. The molecule has 1 aliphatic carbocycles. The van der Waals surface area contributed by atoms with Crippen LogP contribution in [0.4, 0.5) is 0 Å². The van der Waals surface area contributed by atoms with Crippen LogP contribution in [0.1, 0.15) is 31.4 Å². The van der Waals surface area contributed by atoms with Crippen molar-refractivity contribution < 1.29 is 4.74 Å². The second-order valence-electron chi connectivity index (χ2n) is 4.18. The van der Waals surface area contributed by atoms with Crippen molar-refractivity contribution in [2.24, 2.45) is 5.92 Å². The van der Waals surface area contributed by atoms with Gasteiger partial charge in [-0.25, -0.2) is 4.98 Å². The summed E-state index contributed by atoms with van der Waals surface area (Å²) < 4.78 is 6.73. The normalized spacial score (nSPS) is 16.9. The molecule has 0 N–H and O–H groups in total. The molecule has 0 bridgehead atoms. The molecule has 1 aliphatic rings. The summed E-state index contributed by atoms with van der Waals surface area (Å²) in [5, 5.41) is 0. The average Bonchev–Trinajstić information content (AvgIpc) is 2.73. The molecule has 0 amide bonds. The molecule has 3 heteroatoms. The summed E-state index contributed by atoms with van der Waals surface area (Å²) in [6, 6.07) is 3.92. The molecule has 2 nitrogen and oxygen atoms in total. The number of aromatic nitrogens is 1. The van der Waals surface area contributed by atoms with E-state index in [9.17, 15) is 0 Å². The van der Waals surface area contributed by atoms with Gasteiger partial charge in [0.1, 0.15) is 0 Å². The zero-order valence-corrected chi connectivity index (χ0v) is 10.6. The molecule has 0 saturated heterocycles. The van der Waals surface area contributed by atoms with Crippen molar-refractivity contribution in [1.82, 2.24) is 4.98 Å². The van der Waals surface area contributed by atoms with Gasteiger partial charge in [-0.05, 0) is 47.7 Å². The fourth-order valence-corrected chi connectivity index (χ4v) is 2.20. The number of nitrogens with zero attached hydrogens (tertiary/aromatic N) is 1. The van der Waals surface area contributed by atoms with Crippen molar-refractivity contribution in [3.8, 4) is 5.88 Å². The van der Waals surface area contributed by atoms with Gasteiger partial charge >= 0.3 is 0 Å². The van der Waals surface area contributed by atoms with Gasteiger partial charge in [-0.2, -0.15) is 0 Å². The Morgan fingerprint density at radius 2 is 2.13 bits per heavy atom. The zero-order valence-electron chi connectivity index (χ0n) is 9.00. The summed E-state index contributed by atoms with van der Waals surface area (Å²) in [6.45, 7) is 2.81. The third-order valence-electron chi connectivity index (χ3n) is 2.94. The summed E-state index contributed by atoms with van der Waals surface area (Å²) in [4.78, 5) is 4.36. The molecule has 1 fully saturated rings. The van der Waals surface area contributed by atoms with Crippen molar-refractivity contribution in [2.75, 3.05) is 6.61 Å². The van der Waals surface area contributed by atoms with E-state index in [1.807, 2.05) is 19.1 Å². The fourth-order valence-electron chi connectivity index (χ4n) is 1.98. The van der Waals surface area contributed by atoms with Crippen molar-refractivity contribution >= 4 is 15.9 Å². The molecule has 1 heterocycles. The molecule has 1 saturated carbocycles. The lowest BCUT2D eigenvalue weighted by atomic mass is 10.1. The quantitative estimate of drug-likeness (QED) is 0.835. The number of hydrogen-bond acceptors (Lipinski definition) is 2. The van der Waals surface area contributed by atoms with E-state index in [2.05, 4.69) is 20.9 Å². The summed E-state index contributed by atoms with van der Waals surface area (Å²) in [7, 11) is 0. The summed E-state index contributed by atoms with van der Waals surface area (Å²) in [5.41, 5.74) is 0.985. The van der Waals surface area contributed by atoms with E-state index in [0.717, 1.165) is 28.6 Å². The molecule has 0 aliphatic heterocycles. The minimum atomic E-state index is 0.746. The first kappa shape index (κ1) is 10.9. The molecule has 1 aromatic rings. The highest BCUT2D eigenvalue weighted by Crippen LogP contribution is 2.25. The third kappa shape index (κ3) is 2.94. The molecule has 82 valence electrons. The predicted octanol–water partition coefficient (Wildman–Crippen LogP) is 3.72. The van der Waals surface area contributed by atoms with Gasteiger partial charge in [0.2, 0.25) is 5.88 Å². The van der Waals surface area contributed by atoms with Crippen molar-refractivity contribution in [2.45, 2.75) is 32.6 Å². The van der Waals surface area contributed by atoms with Crippen molar-refractivity contribution in [3.05, 3.63) is 22.3 Å². The minimum absolute atomic E-state index is 0.746. The smallest absolute Gasteiger partial charge is 0.213 e. The van der Waals surface area contributed by atoms with Gasteiger partial charge in [-0.3, -0.25) is 0 Å². The van der Waals surface area contributed by atoms with Gasteiger partial charge < -0.3 is 4.74 Å². The Morgan fingerprint density at radius 3 is 2.80 bits per heavy atom. The van der Waals surface area contributed by atoms with Crippen LogP contribution in [0.2, 0.25) is 0 Å². The first-order valence-electron chi connectivity index (χ1n) is 5.51. The highest BCUT2D eigenvalue weighted by atomic mass is 79.9. The highest BCUT2D eigenvalue weighted by Gasteiger charge is 2.15. The van der Waals surface area contributed by atoms with Gasteiger partial charge in [0, 0.05) is 10.5 Å². The molecule has 15 heavy (non-hydrogen) atoms. The van der Waals surface area contributed by atoms with E-state index in [1.165, 1.54) is 25.7 Å². The maximum Gasteiger partial charge on any atom is 0.213 e. The molecule has 2 rings (SSSR count). The van der Waals surface area contributed by atoms with E-state index in [4.69, 9.17) is 4.74 Å². The van der Waals surface area contributed by atoms with Crippen LogP contribution in [-0.4, -0.2) is 11.6 Å². The van der Waals surface area contributed by atoms with Crippen LogP contribution in [0, 0.1) is 12.8 Å². The van der Waals surface area contributed by atoms with Crippen LogP contribution in [0.3, 0.4) is 0 Å². The van der Waals surface area contributed by atoms with Gasteiger partial charge in [0.15, 0.2) is 0 Å². The zero-order chi connectivity index (χ0) is 10.7. The molecule has 0 unspecified atom stereocenters. The lowest BCUT2D eigenvalue weighted by molar-refractivity contribution is 0.243. The SMILES string of the molecule is Cc1nc(OCC2CCCC2)ccc1Br. The molecule has 0 aromatic carbocycles. The van der Waals surface area contributed by atoms with Crippen molar-refractivity contribution in [3.63, 3.8) is 0 Å². The molecule has 0 spiro atoms. The standard InChI is InChI=1S/C12H16BrNO/c1-9-11(13)6-7-12(14-9)15-8-10-4-2-3-5-10/h6-7,10H,2-5,8H2,1H3. The summed E-state index contributed by atoms with van der Waals surface area (Å²) >= 11 is 3.43. The lowest BCUT2D eigenvalue weighted by Crippen LogP contribution is -2.09. The van der Waals surface area contributed by atoms with Crippen LogP contribution in [-0.2, 0) is 0 Å². The molecular weight excluding hydrogens is 254 g/mol. The van der Waals surface area contributed by atoms with E-state index in [-0.39, 0.29) is 0 Å². The highest BCUT2D eigenvalue weighted by molar-refractivity contribution is 9.10. The van der Waals surface area contributed by atoms with Crippen molar-refractivity contribution in [1.29, 1.82) is 0 Å². The Labute approximate surface area is 99.2 Å². The van der Waals surface area contributed by atoms with Crippen LogP contribution in [0.25, 0.3) is 0 Å². The number of ether oxygens (including phenoxy) is 1. The predicted molar refractivity (Wildman–Crippen MR) is 64.1 cm³/mol. The Kier molecular flexibility index (Phi) is 3.62. The van der Waals surface area contributed by atoms with Crippen LogP contribution < -0.4 is 4.74 Å². The number of hydrogen-bond donors (Lipinski definition) is 0. The Balaban J connectivity index is 1.90. The topological polar surface area (TPSA) is 22.1 Å². The van der Waals surface area contributed by atoms with E-state index in [0.29, 0.717) is 0 Å². The molecule has 0 atom stereocenters. The second kappa shape index (κ2) is 4.97. The van der Waals surface area contributed by atoms with Gasteiger partial charge in [-0.1, -0.05) is 12.8 Å². The lowest BCUT2D eigenvalue weighted by Gasteiger charge is -2.11. The second-order valence-corrected chi connectivity index (χ2v) is 5.03. The Bertz CT molecular complexity index is 334. The number of pyridine rings is 1. The Morgan fingerprint density at radius 1 is 1.40 bits per heavy atom. The van der Waals surface area contributed by atoms with Crippen LogP contribution in [0.15, 0.2) is 16.6 Å². The van der Waals surface area contributed by atoms with Gasteiger partial charge in [0.05, 0.1) is 12.3 Å². The molecule has 0 radical (unpaired) electrons. The largest absolute Gasteiger partial charge is 0.477 e. The van der Waals surface area contributed by atoms with Crippen LogP contribution >= 0.6 is 15.9 Å².